The molecule has 0 aliphatic carbocycles. The van der Waals surface area contributed by atoms with Gasteiger partial charge in [-0.3, -0.25) is 0 Å². The van der Waals surface area contributed by atoms with Crippen LogP contribution in [0.5, 0.6) is 5.75 Å². The summed E-state index contributed by atoms with van der Waals surface area (Å²) in [5.74, 6) is 0.264. The number of carbonyl (C=O) groups excluding carboxylic acids is 1. The number of methoxy groups -OCH3 is 1. The van der Waals surface area contributed by atoms with Gasteiger partial charge in [0.05, 0.1) is 18.4 Å². The number of rotatable bonds is 2. The number of fused-ring (bicyclic) bond motifs is 1. The van der Waals surface area contributed by atoms with E-state index in [0.717, 1.165) is 23.4 Å². The maximum atomic E-state index is 12.0. The normalized spacial score (nSPS) is 15.8. The van der Waals surface area contributed by atoms with E-state index in [2.05, 4.69) is 0 Å². The fourth-order valence-corrected chi connectivity index (χ4v) is 2.68. The maximum absolute atomic E-state index is 12.0. The van der Waals surface area contributed by atoms with Crippen molar-refractivity contribution >= 4 is 11.7 Å². The summed E-state index contributed by atoms with van der Waals surface area (Å²) in [7, 11) is 1.28. The van der Waals surface area contributed by atoms with Crippen molar-refractivity contribution < 1.29 is 14.3 Å². The van der Waals surface area contributed by atoms with Gasteiger partial charge < -0.3 is 19.8 Å². The number of esters is 1. The van der Waals surface area contributed by atoms with E-state index < -0.39 is 5.97 Å². The lowest BCUT2D eigenvalue weighted by Gasteiger charge is -2.09. The molecule has 1 unspecified atom stereocenters. The zero-order valence-corrected chi connectivity index (χ0v) is 12.3. The molecule has 1 aliphatic heterocycles. The van der Waals surface area contributed by atoms with Gasteiger partial charge in [0, 0.05) is 18.3 Å². The van der Waals surface area contributed by atoms with Crippen LogP contribution < -0.4 is 10.5 Å². The number of aromatic nitrogens is 1. The molecule has 6 nitrogen and oxygen atoms in total. The Balaban J connectivity index is 2.15. The molecule has 6 heteroatoms. The van der Waals surface area contributed by atoms with Crippen molar-refractivity contribution in [2.45, 2.75) is 19.4 Å². The molecule has 1 aliphatic rings. The molecule has 2 N–H and O–H groups in total. The van der Waals surface area contributed by atoms with Gasteiger partial charge in [0.25, 0.3) is 0 Å². The first-order chi connectivity index (χ1) is 10.5. The lowest BCUT2D eigenvalue weighted by Crippen LogP contribution is -2.11. The minimum Gasteiger partial charge on any atom is -0.490 e. The fourth-order valence-electron chi connectivity index (χ4n) is 2.68. The van der Waals surface area contributed by atoms with E-state index in [1.807, 2.05) is 31.2 Å². The highest BCUT2D eigenvalue weighted by Crippen LogP contribution is 2.32. The van der Waals surface area contributed by atoms with Crippen molar-refractivity contribution in [1.29, 1.82) is 5.26 Å². The van der Waals surface area contributed by atoms with Crippen molar-refractivity contribution in [3.05, 3.63) is 41.2 Å². The number of nitriles is 1. The van der Waals surface area contributed by atoms with Crippen LogP contribution in [0.4, 0.5) is 5.69 Å². The molecule has 0 bridgehead atoms. The van der Waals surface area contributed by atoms with Crippen molar-refractivity contribution in [2.75, 3.05) is 12.8 Å². The Labute approximate surface area is 127 Å². The molecular weight excluding hydrogens is 282 g/mol. The van der Waals surface area contributed by atoms with Gasteiger partial charge in [-0.05, 0) is 30.7 Å². The van der Waals surface area contributed by atoms with Crippen molar-refractivity contribution in [1.82, 2.24) is 4.57 Å². The molecule has 2 aromatic rings. The first kappa shape index (κ1) is 14.0. The number of anilines is 1. The van der Waals surface area contributed by atoms with Crippen molar-refractivity contribution in [3.63, 3.8) is 0 Å². The summed E-state index contributed by atoms with van der Waals surface area (Å²) in [6.45, 7) is 2.00. The Morgan fingerprint density at radius 2 is 2.32 bits per heavy atom. The molecule has 0 fully saturated rings. The minimum atomic E-state index is -0.580. The molecule has 1 aromatic heterocycles. The molecular formula is C16H15N3O3. The first-order valence-corrected chi connectivity index (χ1v) is 6.84. The molecule has 0 radical (unpaired) electrons. The smallest absolute Gasteiger partial charge is 0.357 e. The fraction of sp³-hybridized carbons (Fsp3) is 0.250. The topological polar surface area (TPSA) is 90.3 Å². The van der Waals surface area contributed by atoms with Crippen LogP contribution in [0.3, 0.4) is 0 Å². The van der Waals surface area contributed by atoms with Crippen LogP contribution in [0.1, 0.15) is 28.5 Å². The van der Waals surface area contributed by atoms with Gasteiger partial charge in [0.1, 0.15) is 17.9 Å². The monoisotopic (exact) mass is 297 g/mol. The van der Waals surface area contributed by atoms with Crippen LogP contribution in [-0.2, 0) is 11.2 Å². The second kappa shape index (κ2) is 5.11. The number of nitrogens with two attached hydrogens (primary N) is 1. The van der Waals surface area contributed by atoms with E-state index >= 15 is 0 Å². The summed E-state index contributed by atoms with van der Waals surface area (Å²) >= 11 is 0. The maximum Gasteiger partial charge on any atom is 0.357 e. The van der Waals surface area contributed by atoms with Gasteiger partial charge in [0.15, 0.2) is 5.69 Å². The Morgan fingerprint density at radius 3 is 3.00 bits per heavy atom. The van der Waals surface area contributed by atoms with E-state index in [1.54, 1.807) is 10.8 Å². The number of nitrogens with zero attached hydrogens (tertiary/aromatic N) is 2. The van der Waals surface area contributed by atoms with Gasteiger partial charge in [-0.15, -0.1) is 0 Å². The standard InChI is InChI=1S/C16H15N3O3/c1-9-5-10-6-12(3-4-13(10)22-9)19-8-11(7-17)14(18)15(19)16(20)21-2/h3-4,6,8-9H,5,18H2,1-2H3. The predicted octanol–water partition coefficient (Wildman–Crippen LogP) is 2.04. The number of nitrogen functional groups attached to an aromatic ring is 1. The molecule has 3 rings (SSSR count). The van der Waals surface area contributed by atoms with E-state index in [-0.39, 0.29) is 23.0 Å². The molecule has 22 heavy (non-hydrogen) atoms. The van der Waals surface area contributed by atoms with Gasteiger partial charge in [-0.1, -0.05) is 0 Å². The Bertz CT molecular complexity index is 802. The second-order valence-electron chi connectivity index (χ2n) is 5.20. The zero-order chi connectivity index (χ0) is 15.9. The lowest BCUT2D eigenvalue weighted by molar-refractivity contribution is 0.0593. The van der Waals surface area contributed by atoms with E-state index in [4.69, 9.17) is 20.5 Å². The third-order valence-corrected chi connectivity index (χ3v) is 3.70. The average molecular weight is 297 g/mol. The SMILES string of the molecule is COC(=O)c1c(N)c(C#N)cn1-c1ccc2c(c1)CC(C)O2. The van der Waals surface area contributed by atoms with Crippen LogP contribution in [0.25, 0.3) is 5.69 Å². The highest BCUT2D eigenvalue weighted by atomic mass is 16.5. The summed E-state index contributed by atoms with van der Waals surface area (Å²) in [5, 5.41) is 9.13. The molecule has 2 heterocycles. The summed E-state index contributed by atoms with van der Waals surface area (Å²) < 4.78 is 12.0. The number of carbonyl (C=O) groups is 1. The summed E-state index contributed by atoms with van der Waals surface area (Å²) in [4.78, 5) is 12.0. The Morgan fingerprint density at radius 1 is 1.55 bits per heavy atom. The van der Waals surface area contributed by atoms with E-state index in [0.29, 0.717) is 0 Å². The minimum absolute atomic E-state index is 0.125. The predicted molar refractivity (Wildman–Crippen MR) is 80.0 cm³/mol. The highest BCUT2D eigenvalue weighted by molar-refractivity contribution is 5.96. The van der Waals surface area contributed by atoms with Crippen molar-refractivity contribution in [2.24, 2.45) is 0 Å². The largest absolute Gasteiger partial charge is 0.490 e. The number of benzene rings is 1. The lowest BCUT2D eigenvalue weighted by atomic mass is 10.1. The van der Waals surface area contributed by atoms with Gasteiger partial charge >= 0.3 is 5.97 Å². The van der Waals surface area contributed by atoms with Crippen LogP contribution in [-0.4, -0.2) is 23.8 Å². The van der Waals surface area contributed by atoms with Crippen LogP contribution in [0, 0.1) is 11.3 Å². The molecule has 0 spiro atoms. The number of hydrogen-bond donors (Lipinski definition) is 1. The van der Waals surface area contributed by atoms with Gasteiger partial charge in [-0.2, -0.15) is 5.26 Å². The number of ether oxygens (including phenoxy) is 2. The third kappa shape index (κ3) is 2.07. The zero-order valence-electron chi connectivity index (χ0n) is 12.3. The molecule has 0 amide bonds. The van der Waals surface area contributed by atoms with Gasteiger partial charge in [0.2, 0.25) is 0 Å². The average Bonchev–Trinajstić information content (AvgIpc) is 3.04. The second-order valence-corrected chi connectivity index (χ2v) is 5.20. The number of hydrogen-bond acceptors (Lipinski definition) is 5. The Kier molecular flexibility index (Phi) is 3.26. The first-order valence-electron chi connectivity index (χ1n) is 6.84. The summed E-state index contributed by atoms with van der Waals surface area (Å²) in [6, 6.07) is 7.60. The molecule has 112 valence electrons. The molecule has 1 atom stereocenters. The van der Waals surface area contributed by atoms with Crippen molar-refractivity contribution in [3.8, 4) is 17.5 Å². The Hall–Kier alpha value is -2.94. The van der Waals surface area contributed by atoms with E-state index in [9.17, 15) is 4.79 Å². The molecule has 0 saturated heterocycles. The van der Waals surface area contributed by atoms with Crippen LogP contribution in [0.2, 0.25) is 0 Å². The summed E-state index contributed by atoms with van der Waals surface area (Å²) in [5.41, 5.74) is 8.22. The molecule has 1 aromatic carbocycles. The van der Waals surface area contributed by atoms with E-state index in [1.165, 1.54) is 7.11 Å². The van der Waals surface area contributed by atoms with Crippen LogP contribution in [0.15, 0.2) is 24.4 Å². The highest BCUT2D eigenvalue weighted by Gasteiger charge is 2.24. The third-order valence-electron chi connectivity index (χ3n) is 3.70. The molecule has 0 saturated carbocycles. The quantitative estimate of drug-likeness (QED) is 0.857. The van der Waals surface area contributed by atoms with Crippen LogP contribution >= 0.6 is 0 Å². The summed E-state index contributed by atoms with van der Waals surface area (Å²) in [6.07, 6.45) is 2.48. The van der Waals surface area contributed by atoms with Gasteiger partial charge in [-0.25, -0.2) is 4.79 Å².